The molecular formula is C9H10N2O2. The van der Waals surface area contributed by atoms with Crippen molar-refractivity contribution in [1.29, 1.82) is 0 Å². The summed E-state index contributed by atoms with van der Waals surface area (Å²) in [7, 11) is 1.33. The molecule has 1 atom stereocenters. The zero-order valence-corrected chi connectivity index (χ0v) is 7.28. The van der Waals surface area contributed by atoms with Crippen molar-refractivity contribution < 1.29 is 9.53 Å². The zero-order valence-electron chi connectivity index (χ0n) is 7.28. The Hall–Kier alpha value is -1.60. The number of ether oxygens (including phenoxy) is 1. The Balaban J connectivity index is 2.78. The summed E-state index contributed by atoms with van der Waals surface area (Å²) in [6.07, 6.45) is 3.10. The molecule has 1 aliphatic heterocycles. The molecule has 0 aromatic carbocycles. The Bertz CT molecular complexity index is 320. The maximum Gasteiger partial charge on any atom is 0.324 e. The van der Waals surface area contributed by atoms with E-state index in [2.05, 4.69) is 21.6 Å². The molecule has 4 nitrogen and oxygen atoms in total. The summed E-state index contributed by atoms with van der Waals surface area (Å²) in [5.74, 6) is 4.51. The van der Waals surface area contributed by atoms with Gasteiger partial charge in [0.2, 0.25) is 0 Å². The van der Waals surface area contributed by atoms with Gasteiger partial charge >= 0.3 is 5.97 Å². The molecule has 0 radical (unpaired) electrons. The van der Waals surface area contributed by atoms with Gasteiger partial charge in [0, 0.05) is 12.7 Å². The number of carbonyl (C=O) groups excluding carboxylic acids is 1. The number of carbonyl (C=O) groups is 1. The number of hydrogen-bond acceptors (Lipinski definition) is 4. The lowest BCUT2D eigenvalue weighted by Crippen LogP contribution is -2.13. The molecule has 0 saturated heterocycles. The SMILES string of the molecule is COC(=O)C1C#CC(CN)=NC=C1. The molecule has 1 aliphatic rings. The molecule has 2 N–H and O–H groups in total. The van der Waals surface area contributed by atoms with Gasteiger partial charge in [-0.2, -0.15) is 0 Å². The Morgan fingerprint density at radius 1 is 1.85 bits per heavy atom. The Morgan fingerprint density at radius 3 is 3.23 bits per heavy atom. The van der Waals surface area contributed by atoms with Crippen LogP contribution in [-0.2, 0) is 9.53 Å². The van der Waals surface area contributed by atoms with Crippen LogP contribution in [0.2, 0.25) is 0 Å². The minimum Gasteiger partial charge on any atom is -0.468 e. The maximum absolute atomic E-state index is 11.1. The summed E-state index contributed by atoms with van der Waals surface area (Å²) in [5.41, 5.74) is 5.92. The molecule has 0 bridgehead atoms. The quantitative estimate of drug-likeness (QED) is 0.466. The van der Waals surface area contributed by atoms with Gasteiger partial charge in [0.15, 0.2) is 0 Å². The molecule has 0 aromatic rings. The van der Waals surface area contributed by atoms with E-state index in [0.29, 0.717) is 5.71 Å². The van der Waals surface area contributed by atoms with Crippen LogP contribution in [0.5, 0.6) is 0 Å². The molecule has 0 aromatic heterocycles. The number of aliphatic imine (C=N–C) groups is 1. The van der Waals surface area contributed by atoms with Crippen LogP contribution in [0.3, 0.4) is 0 Å². The van der Waals surface area contributed by atoms with Crippen molar-refractivity contribution in [2.24, 2.45) is 16.6 Å². The lowest BCUT2D eigenvalue weighted by atomic mass is 10.1. The second-order valence-corrected chi connectivity index (χ2v) is 2.39. The molecule has 13 heavy (non-hydrogen) atoms. The smallest absolute Gasteiger partial charge is 0.324 e. The first-order valence-corrected chi connectivity index (χ1v) is 3.80. The summed E-state index contributed by atoms with van der Waals surface area (Å²) in [4.78, 5) is 15.0. The maximum atomic E-state index is 11.1. The first-order chi connectivity index (χ1) is 6.27. The van der Waals surface area contributed by atoms with Gasteiger partial charge in [0.25, 0.3) is 0 Å². The van der Waals surface area contributed by atoms with E-state index in [0.717, 1.165) is 0 Å². The first kappa shape index (κ1) is 9.49. The first-order valence-electron chi connectivity index (χ1n) is 3.80. The lowest BCUT2D eigenvalue weighted by molar-refractivity contribution is -0.141. The summed E-state index contributed by atoms with van der Waals surface area (Å²) in [6, 6.07) is 0. The van der Waals surface area contributed by atoms with E-state index in [1.165, 1.54) is 13.3 Å². The Labute approximate surface area is 76.5 Å². The highest BCUT2D eigenvalue weighted by molar-refractivity contribution is 6.03. The van der Waals surface area contributed by atoms with Crippen molar-refractivity contribution in [3.05, 3.63) is 12.3 Å². The third-order valence-corrected chi connectivity index (χ3v) is 1.53. The van der Waals surface area contributed by atoms with Crippen LogP contribution in [-0.4, -0.2) is 25.3 Å². The predicted molar refractivity (Wildman–Crippen MR) is 48.9 cm³/mol. The molecule has 0 fully saturated rings. The predicted octanol–water partition coefficient (Wildman–Crippen LogP) is -0.294. The summed E-state index contributed by atoms with van der Waals surface area (Å²) in [6.45, 7) is 0.283. The van der Waals surface area contributed by atoms with Gasteiger partial charge in [-0.15, -0.1) is 0 Å². The highest BCUT2D eigenvalue weighted by Gasteiger charge is 2.13. The van der Waals surface area contributed by atoms with E-state index < -0.39 is 5.92 Å². The van der Waals surface area contributed by atoms with E-state index in [9.17, 15) is 4.79 Å². The van der Waals surface area contributed by atoms with Gasteiger partial charge < -0.3 is 10.5 Å². The molecule has 1 rings (SSSR count). The largest absolute Gasteiger partial charge is 0.468 e. The fourth-order valence-corrected chi connectivity index (χ4v) is 0.829. The van der Waals surface area contributed by atoms with Gasteiger partial charge in [-0.1, -0.05) is 5.92 Å². The van der Waals surface area contributed by atoms with Crippen LogP contribution >= 0.6 is 0 Å². The standard InChI is InChI=1S/C9H10N2O2/c1-13-9(12)7-2-3-8(6-10)11-5-4-7/h4-5,7H,6,10H2,1H3. The monoisotopic (exact) mass is 178 g/mol. The Kier molecular flexibility index (Phi) is 3.23. The number of hydrogen-bond donors (Lipinski definition) is 1. The summed E-state index contributed by atoms with van der Waals surface area (Å²) in [5, 5.41) is 0. The van der Waals surface area contributed by atoms with Crippen molar-refractivity contribution in [3.8, 4) is 11.8 Å². The van der Waals surface area contributed by atoms with Crippen LogP contribution in [0.15, 0.2) is 17.3 Å². The van der Waals surface area contributed by atoms with E-state index in [1.54, 1.807) is 6.08 Å². The molecule has 0 saturated carbocycles. The van der Waals surface area contributed by atoms with E-state index in [4.69, 9.17) is 5.73 Å². The van der Waals surface area contributed by atoms with Gasteiger partial charge in [0.05, 0.1) is 7.11 Å². The molecule has 1 unspecified atom stereocenters. The van der Waals surface area contributed by atoms with Gasteiger partial charge in [-0.05, 0) is 12.0 Å². The highest BCUT2D eigenvalue weighted by atomic mass is 16.5. The molecule has 0 spiro atoms. The van der Waals surface area contributed by atoms with Gasteiger partial charge in [-0.25, -0.2) is 0 Å². The fourth-order valence-electron chi connectivity index (χ4n) is 0.829. The number of rotatable bonds is 2. The van der Waals surface area contributed by atoms with Crippen LogP contribution in [0.4, 0.5) is 0 Å². The van der Waals surface area contributed by atoms with E-state index in [-0.39, 0.29) is 12.5 Å². The van der Waals surface area contributed by atoms with Crippen LogP contribution in [0.1, 0.15) is 0 Å². The summed E-state index contributed by atoms with van der Waals surface area (Å²) >= 11 is 0. The van der Waals surface area contributed by atoms with E-state index in [1.807, 2.05) is 0 Å². The van der Waals surface area contributed by atoms with Crippen LogP contribution < -0.4 is 5.73 Å². The average molecular weight is 178 g/mol. The zero-order chi connectivity index (χ0) is 9.68. The number of nitrogens with zero attached hydrogens (tertiary/aromatic N) is 1. The Morgan fingerprint density at radius 2 is 2.62 bits per heavy atom. The average Bonchev–Trinajstić information content (AvgIpc) is 2.41. The van der Waals surface area contributed by atoms with Crippen molar-refractivity contribution in [2.75, 3.05) is 13.7 Å². The highest BCUT2D eigenvalue weighted by Crippen LogP contribution is 2.02. The molecule has 68 valence electrons. The number of esters is 1. The van der Waals surface area contributed by atoms with Crippen molar-refractivity contribution in [3.63, 3.8) is 0 Å². The van der Waals surface area contributed by atoms with Crippen LogP contribution in [0, 0.1) is 17.8 Å². The molecule has 1 heterocycles. The minimum absolute atomic E-state index is 0.283. The normalized spacial score (nSPS) is 19.5. The second kappa shape index (κ2) is 4.43. The minimum atomic E-state index is -0.530. The van der Waals surface area contributed by atoms with Crippen molar-refractivity contribution in [1.82, 2.24) is 0 Å². The molecule has 0 amide bonds. The third kappa shape index (κ3) is 2.42. The lowest BCUT2D eigenvalue weighted by Gasteiger charge is -1.99. The number of methoxy groups -OCH3 is 1. The van der Waals surface area contributed by atoms with E-state index >= 15 is 0 Å². The summed E-state index contributed by atoms with van der Waals surface area (Å²) < 4.78 is 4.54. The van der Waals surface area contributed by atoms with Gasteiger partial charge in [-0.3, -0.25) is 9.79 Å². The van der Waals surface area contributed by atoms with Crippen LogP contribution in [0.25, 0.3) is 0 Å². The van der Waals surface area contributed by atoms with Crippen molar-refractivity contribution >= 4 is 11.7 Å². The third-order valence-electron chi connectivity index (χ3n) is 1.53. The van der Waals surface area contributed by atoms with Gasteiger partial charge in [0.1, 0.15) is 11.6 Å². The van der Waals surface area contributed by atoms with Crippen molar-refractivity contribution in [2.45, 2.75) is 0 Å². The number of nitrogens with two attached hydrogens (primary N) is 1. The topological polar surface area (TPSA) is 64.7 Å². The molecule has 0 aliphatic carbocycles. The molecule has 4 heteroatoms. The second-order valence-electron chi connectivity index (χ2n) is 2.39. The molecular weight excluding hydrogens is 168 g/mol. The fraction of sp³-hybridized carbons (Fsp3) is 0.333.